The number of pyridine rings is 1. The smallest absolute Gasteiger partial charge is 0.258 e. The van der Waals surface area contributed by atoms with E-state index in [4.69, 9.17) is 16.0 Å². The Bertz CT molecular complexity index is 1030. The Balaban J connectivity index is 1.35. The number of furan rings is 1. The number of carbonyl (C=O) groups is 2. The van der Waals surface area contributed by atoms with Crippen LogP contribution >= 0.6 is 11.6 Å². The summed E-state index contributed by atoms with van der Waals surface area (Å²) in [5, 5.41) is 6.15. The van der Waals surface area contributed by atoms with E-state index in [0.29, 0.717) is 22.1 Å². The molecule has 7 nitrogen and oxygen atoms in total. The summed E-state index contributed by atoms with van der Waals surface area (Å²) in [6.45, 7) is 2.40. The van der Waals surface area contributed by atoms with Gasteiger partial charge in [0.1, 0.15) is 11.6 Å². The van der Waals surface area contributed by atoms with Crippen molar-refractivity contribution >= 4 is 34.9 Å². The molecule has 0 atom stereocenters. The highest BCUT2D eigenvalue weighted by Gasteiger charge is 2.26. The number of nitrogens with one attached hydrogen (secondary N) is 2. The number of hydrogen-bond donors (Lipinski definition) is 2. The minimum absolute atomic E-state index is 0.0671. The zero-order valence-corrected chi connectivity index (χ0v) is 17.6. The topological polar surface area (TPSA) is 87.5 Å². The summed E-state index contributed by atoms with van der Waals surface area (Å²) >= 11 is 5.84. The van der Waals surface area contributed by atoms with Crippen LogP contribution in [0.25, 0.3) is 0 Å². The van der Waals surface area contributed by atoms with E-state index in [0.717, 1.165) is 38.2 Å². The number of aromatic nitrogens is 1. The number of rotatable bonds is 6. The van der Waals surface area contributed by atoms with Gasteiger partial charge < -0.3 is 15.1 Å². The fourth-order valence-corrected chi connectivity index (χ4v) is 3.75. The van der Waals surface area contributed by atoms with E-state index in [1.807, 2.05) is 12.1 Å². The number of likely N-dealkylation sites (tertiary alicyclic amines) is 1. The summed E-state index contributed by atoms with van der Waals surface area (Å²) < 4.78 is 5.40. The summed E-state index contributed by atoms with van der Waals surface area (Å²) in [5.41, 5.74) is 0.861. The zero-order valence-electron chi connectivity index (χ0n) is 16.9. The van der Waals surface area contributed by atoms with E-state index in [1.54, 1.807) is 42.7 Å². The van der Waals surface area contributed by atoms with Crippen LogP contribution in [0.15, 0.2) is 65.4 Å². The molecule has 1 aliphatic rings. The first-order chi connectivity index (χ1) is 15.1. The van der Waals surface area contributed by atoms with E-state index in [1.165, 1.54) is 6.20 Å². The van der Waals surface area contributed by atoms with Crippen molar-refractivity contribution in [2.75, 3.05) is 23.7 Å². The van der Waals surface area contributed by atoms with Gasteiger partial charge >= 0.3 is 0 Å². The highest BCUT2D eigenvalue weighted by molar-refractivity contribution is 6.30. The summed E-state index contributed by atoms with van der Waals surface area (Å²) in [5.74, 6) is 0.806. The number of hydrogen-bond acceptors (Lipinski definition) is 5. The predicted molar refractivity (Wildman–Crippen MR) is 119 cm³/mol. The summed E-state index contributed by atoms with van der Waals surface area (Å²) in [6, 6.07) is 14.1. The molecule has 1 saturated heterocycles. The second-order valence-corrected chi connectivity index (χ2v) is 7.92. The monoisotopic (exact) mass is 438 g/mol. The highest BCUT2D eigenvalue weighted by Crippen LogP contribution is 2.23. The van der Waals surface area contributed by atoms with Gasteiger partial charge in [-0.25, -0.2) is 4.98 Å². The van der Waals surface area contributed by atoms with Gasteiger partial charge in [0.05, 0.1) is 29.1 Å². The van der Waals surface area contributed by atoms with Crippen molar-refractivity contribution in [2.45, 2.75) is 19.4 Å². The van der Waals surface area contributed by atoms with Crippen molar-refractivity contribution in [3.8, 4) is 0 Å². The van der Waals surface area contributed by atoms with Crippen molar-refractivity contribution in [1.82, 2.24) is 9.88 Å². The predicted octanol–water partition coefficient (Wildman–Crippen LogP) is 4.43. The molecule has 3 aromatic rings. The van der Waals surface area contributed by atoms with Crippen LogP contribution in [0.2, 0.25) is 5.02 Å². The molecule has 2 aromatic heterocycles. The Morgan fingerprint density at radius 2 is 1.87 bits per heavy atom. The lowest BCUT2D eigenvalue weighted by Crippen LogP contribution is -2.37. The Morgan fingerprint density at radius 3 is 2.58 bits per heavy atom. The van der Waals surface area contributed by atoms with Gasteiger partial charge in [-0.3, -0.25) is 14.5 Å². The molecule has 1 aliphatic heterocycles. The SMILES string of the molecule is O=C(Nc1ccc(Cl)cn1)c1ccccc1NC(=O)C1CCN(Cc2ccco2)CC1. The molecule has 8 heteroatoms. The van der Waals surface area contributed by atoms with Crippen LogP contribution in [-0.4, -0.2) is 34.8 Å². The third-order valence-corrected chi connectivity index (χ3v) is 5.54. The van der Waals surface area contributed by atoms with Crippen LogP contribution < -0.4 is 10.6 Å². The third kappa shape index (κ3) is 5.51. The summed E-state index contributed by atoms with van der Waals surface area (Å²) in [4.78, 5) is 31.9. The second-order valence-electron chi connectivity index (χ2n) is 7.48. The minimum atomic E-state index is -0.348. The molecule has 31 heavy (non-hydrogen) atoms. The van der Waals surface area contributed by atoms with E-state index >= 15 is 0 Å². The van der Waals surface area contributed by atoms with Crippen LogP contribution in [-0.2, 0) is 11.3 Å². The van der Waals surface area contributed by atoms with Crippen molar-refractivity contribution in [2.24, 2.45) is 5.92 Å². The molecule has 1 fully saturated rings. The summed E-state index contributed by atoms with van der Waals surface area (Å²) in [7, 11) is 0. The fraction of sp³-hybridized carbons (Fsp3) is 0.261. The van der Waals surface area contributed by atoms with E-state index in [9.17, 15) is 9.59 Å². The quantitative estimate of drug-likeness (QED) is 0.594. The largest absolute Gasteiger partial charge is 0.468 e. The molecule has 2 amide bonds. The number of benzene rings is 1. The number of nitrogens with zero attached hydrogens (tertiary/aromatic N) is 2. The van der Waals surface area contributed by atoms with Gasteiger partial charge in [0.25, 0.3) is 5.91 Å². The van der Waals surface area contributed by atoms with Crippen molar-refractivity contribution in [1.29, 1.82) is 0 Å². The van der Waals surface area contributed by atoms with Gasteiger partial charge in [-0.15, -0.1) is 0 Å². The Morgan fingerprint density at radius 1 is 1.06 bits per heavy atom. The van der Waals surface area contributed by atoms with E-state index in [-0.39, 0.29) is 17.7 Å². The van der Waals surface area contributed by atoms with Crippen LogP contribution in [0.3, 0.4) is 0 Å². The molecule has 0 unspecified atom stereocenters. The van der Waals surface area contributed by atoms with Crippen LogP contribution in [0.1, 0.15) is 29.0 Å². The van der Waals surface area contributed by atoms with E-state index < -0.39 is 0 Å². The standard InChI is InChI=1S/C23H23ClN4O3/c24-17-7-8-21(25-14-17)27-23(30)19-5-1-2-6-20(19)26-22(29)16-9-11-28(12-10-16)15-18-4-3-13-31-18/h1-8,13-14,16H,9-12,15H2,(H,26,29)(H,25,27,30). The average Bonchev–Trinajstić information content (AvgIpc) is 3.29. The molecular formula is C23H23ClN4O3. The summed E-state index contributed by atoms with van der Waals surface area (Å²) in [6.07, 6.45) is 4.65. The lowest BCUT2D eigenvalue weighted by atomic mass is 9.95. The van der Waals surface area contributed by atoms with Crippen LogP contribution in [0, 0.1) is 5.92 Å². The molecule has 0 saturated carbocycles. The Kier molecular flexibility index (Phi) is 6.64. The normalized spacial score (nSPS) is 14.9. The molecular weight excluding hydrogens is 416 g/mol. The molecule has 0 aliphatic carbocycles. The zero-order chi connectivity index (χ0) is 21.6. The molecule has 160 valence electrons. The maximum atomic E-state index is 12.9. The number of para-hydroxylation sites is 1. The van der Waals surface area contributed by atoms with Crippen LogP contribution in [0.4, 0.5) is 11.5 Å². The number of carbonyl (C=O) groups excluding carboxylic acids is 2. The number of amides is 2. The number of anilines is 2. The average molecular weight is 439 g/mol. The Labute approximate surface area is 185 Å². The first-order valence-corrected chi connectivity index (χ1v) is 10.5. The molecule has 0 bridgehead atoms. The van der Waals surface area contributed by atoms with E-state index in [2.05, 4.69) is 20.5 Å². The molecule has 3 heterocycles. The molecule has 0 radical (unpaired) electrons. The van der Waals surface area contributed by atoms with Crippen molar-refractivity contribution in [3.05, 3.63) is 77.3 Å². The highest BCUT2D eigenvalue weighted by atomic mass is 35.5. The van der Waals surface area contributed by atoms with Gasteiger partial charge in [-0.1, -0.05) is 23.7 Å². The van der Waals surface area contributed by atoms with Crippen molar-refractivity contribution < 1.29 is 14.0 Å². The van der Waals surface area contributed by atoms with Gasteiger partial charge in [-0.05, 0) is 62.3 Å². The minimum Gasteiger partial charge on any atom is -0.468 e. The maximum absolute atomic E-state index is 12.9. The first kappa shape index (κ1) is 21.1. The maximum Gasteiger partial charge on any atom is 0.258 e. The fourth-order valence-electron chi connectivity index (χ4n) is 3.63. The lowest BCUT2D eigenvalue weighted by molar-refractivity contribution is -0.121. The first-order valence-electron chi connectivity index (χ1n) is 10.2. The number of halogens is 1. The van der Waals surface area contributed by atoms with Gasteiger partial charge in [-0.2, -0.15) is 0 Å². The van der Waals surface area contributed by atoms with Gasteiger partial charge in [0.2, 0.25) is 5.91 Å². The molecule has 4 rings (SSSR count). The Hall–Kier alpha value is -3.16. The van der Waals surface area contributed by atoms with Gasteiger partial charge in [0, 0.05) is 12.1 Å². The van der Waals surface area contributed by atoms with Crippen molar-refractivity contribution in [3.63, 3.8) is 0 Å². The third-order valence-electron chi connectivity index (χ3n) is 5.32. The molecule has 0 spiro atoms. The molecule has 2 N–H and O–H groups in total. The van der Waals surface area contributed by atoms with Gasteiger partial charge in [0.15, 0.2) is 0 Å². The number of piperidine rings is 1. The second kappa shape index (κ2) is 9.76. The lowest BCUT2D eigenvalue weighted by Gasteiger charge is -2.30. The molecule has 1 aromatic carbocycles. The van der Waals surface area contributed by atoms with Crippen LogP contribution in [0.5, 0.6) is 0 Å².